The number of aromatic carboxylic acids is 1. The Kier molecular flexibility index (Phi) is 4.02. The number of ether oxygens (including phenoxy) is 3. The predicted molar refractivity (Wildman–Crippen MR) is 87.7 cm³/mol. The number of hydrogen-bond donors (Lipinski definition) is 1. The van der Waals surface area contributed by atoms with Crippen molar-refractivity contribution in [1.29, 1.82) is 0 Å². The molecule has 8 nitrogen and oxygen atoms in total. The fraction of sp³-hybridized carbons (Fsp3) is 0.267. The molecule has 24 heavy (non-hydrogen) atoms. The van der Waals surface area contributed by atoms with Gasteiger partial charge in [-0.3, -0.25) is 0 Å². The summed E-state index contributed by atoms with van der Waals surface area (Å²) in [5.41, 5.74) is 1.21. The summed E-state index contributed by atoms with van der Waals surface area (Å²) in [6, 6.07) is 3.49. The maximum atomic E-state index is 11.2. The highest BCUT2D eigenvalue weighted by atomic mass is 32.1. The minimum absolute atomic E-state index is 0.224. The summed E-state index contributed by atoms with van der Waals surface area (Å²) in [6.45, 7) is 1.70. The Morgan fingerprint density at radius 2 is 1.79 bits per heavy atom. The van der Waals surface area contributed by atoms with Crippen LogP contribution in [-0.4, -0.2) is 47.0 Å². The van der Waals surface area contributed by atoms with E-state index in [-0.39, 0.29) is 4.88 Å². The number of carboxylic acid groups (broad SMARTS) is 1. The first kappa shape index (κ1) is 16.1. The second-order valence-electron chi connectivity index (χ2n) is 4.87. The zero-order valence-corrected chi connectivity index (χ0v) is 14.3. The van der Waals surface area contributed by atoms with Gasteiger partial charge in [-0.2, -0.15) is 4.98 Å². The molecule has 1 aromatic carbocycles. The van der Waals surface area contributed by atoms with E-state index in [1.165, 1.54) is 25.8 Å². The molecule has 0 unspecified atom stereocenters. The molecule has 0 aliphatic rings. The molecule has 1 N–H and O–H groups in total. The van der Waals surface area contributed by atoms with Crippen molar-refractivity contribution in [3.63, 3.8) is 0 Å². The molecule has 0 atom stereocenters. The summed E-state index contributed by atoms with van der Waals surface area (Å²) >= 11 is 1.08. The second kappa shape index (κ2) is 6.00. The standard InChI is InChI=1S/C15H15N3O5S/c1-7-12(14(19)20)24-15-16-13(17-18(7)15)8-5-9(21-2)11(23-4)10(6-8)22-3/h5-6H,1-4H3,(H,19,20). The monoisotopic (exact) mass is 349 g/mol. The Labute approximate surface area is 141 Å². The molecule has 2 heterocycles. The highest BCUT2D eigenvalue weighted by molar-refractivity contribution is 7.18. The summed E-state index contributed by atoms with van der Waals surface area (Å²) in [5, 5.41) is 13.6. The molecule has 126 valence electrons. The van der Waals surface area contributed by atoms with Crippen molar-refractivity contribution >= 4 is 22.3 Å². The van der Waals surface area contributed by atoms with Crippen LogP contribution in [0.15, 0.2) is 12.1 Å². The molecular formula is C15H15N3O5S. The van der Waals surface area contributed by atoms with Crippen molar-refractivity contribution in [2.45, 2.75) is 6.92 Å². The van der Waals surface area contributed by atoms with Crippen LogP contribution in [0.5, 0.6) is 17.2 Å². The van der Waals surface area contributed by atoms with E-state index in [1.54, 1.807) is 19.1 Å². The van der Waals surface area contributed by atoms with E-state index < -0.39 is 5.97 Å². The van der Waals surface area contributed by atoms with Crippen LogP contribution in [0.1, 0.15) is 15.4 Å². The number of carbonyl (C=O) groups is 1. The van der Waals surface area contributed by atoms with Crippen molar-refractivity contribution in [2.24, 2.45) is 0 Å². The fourth-order valence-electron chi connectivity index (χ4n) is 2.37. The summed E-state index contributed by atoms with van der Waals surface area (Å²) in [6.07, 6.45) is 0. The zero-order valence-electron chi connectivity index (χ0n) is 13.5. The van der Waals surface area contributed by atoms with Crippen LogP contribution in [-0.2, 0) is 0 Å². The number of hydrogen-bond acceptors (Lipinski definition) is 7. The first-order valence-corrected chi connectivity index (χ1v) is 7.71. The number of benzene rings is 1. The van der Waals surface area contributed by atoms with Gasteiger partial charge in [0.1, 0.15) is 4.88 Å². The molecule has 0 aliphatic carbocycles. The van der Waals surface area contributed by atoms with Gasteiger partial charge in [-0.15, -0.1) is 5.10 Å². The molecule has 0 radical (unpaired) electrons. The van der Waals surface area contributed by atoms with Gasteiger partial charge in [0, 0.05) is 5.56 Å². The highest BCUT2D eigenvalue weighted by Crippen LogP contribution is 2.40. The maximum Gasteiger partial charge on any atom is 0.347 e. The average Bonchev–Trinajstić information content (AvgIpc) is 3.13. The lowest BCUT2D eigenvalue weighted by Gasteiger charge is -2.12. The van der Waals surface area contributed by atoms with E-state index in [9.17, 15) is 4.79 Å². The molecule has 0 aliphatic heterocycles. The minimum Gasteiger partial charge on any atom is -0.493 e. The zero-order chi connectivity index (χ0) is 17.4. The van der Waals surface area contributed by atoms with Crippen molar-refractivity contribution in [2.75, 3.05) is 21.3 Å². The van der Waals surface area contributed by atoms with E-state index in [2.05, 4.69) is 10.1 Å². The van der Waals surface area contributed by atoms with Gasteiger partial charge in [-0.25, -0.2) is 9.31 Å². The first-order valence-electron chi connectivity index (χ1n) is 6.90. The number of fused-ring (bicyclic) bond motifs is 1. The minimum atomic E-state index is -0.987. The van der Waals surface area contributed by atoms with Crippen molar-refractivity contribution in [3.8, 4) is 28.6 Å². The van der Waals surface area contributed by atoms with Gasteiger partial charge in [-0.05, 0) is 19.1 Å². The van der Waals surface area contributed by atoms with Gasteiger partial charge in [-0.1, -0.05) is 11.3 Å². The summed E-state index contributed by atoms with van der Waals surface area (Å²) in [7, 11) is 4.59. The normalized spacial score (nSPS) is 10.8. The number of methoxy groups -OCH3 is 3. The van der Waals surface area contributed by atoms with Crippen LogP contribution >= 0.6 is 11.3 Å². The lowest BCUT2D eigenvalue weighted by Crippen LogP contribution is -1.98. The summed E-state index contributed by atoms with van der Waals surface area (Å²) < 4.78 is 17.5. The van der Waals surface area contributed by atoms with E-state index >= 15 is 0 Å². The summed E-state index contributed by atoms with van der Waals surface area (Å²) in [5.74, 6) is 0.926. The van der Waals surface area contributed by atoms with Crippen LogP contribution in [0.4, 0.5) is 0 Å². The third-order valence-electron chi connectivity index (χ3n) is 3.53. The first-order chi connectivity index (χ1) is 11.5. The van der Waals surface area contributed by atoms with E-state index in [0.29, 0.717) is 39.3 Å². The van der Waals surface area contributed by atoms with Gasteiger partial charge in [0.15, 0.2) is 17.3 Å². The third kappa shape index (κ3) is 2.42. The molecule has 0 fully saturated rings. The maximum absolute atomic E-state index is 11.2. The van der Waals surface area contributed by atoms with E-state index in [0.717, 1.165) is 11.3 Å². The van der Waals surface area contributed by atoms with Crippen LogP contribution < -0.4 is 14.2 Å². The fourth-order valence-corrected chi connectivity index (χ4v) is 3.27. The Hall–Kier alpha value is -2.81. The third-order valence-corrected chi connectivity index (χ3v) is 4.66. The molecule has 0 saturated carbocycles. The Balaban J connectivity index is 2.15. The molecule has 9 heteroatoms. The van der Waals surface area contributed by atoms with Gasteiger partial charge >= 0.3 is 5.97 Å². The number of rotatable bonds is 5. The molecule has 2 aromatic heterocycles. The number of carboxylic acids is 1. The van der Waals surface area contributed by atoms with Crippen LogP contribution in [0, 0.1) is 6.92 Å². The lowest BCUT2D eigenvalue weighted by atomic mass is 10.1. The van der Waals surface area contributed by atoms with Gasteiger partial charge in [0.25, 0.3) is 0 Å². The molecule has 0 saturated heterocycles. The van der Waals surface area contributed by atoms with Crippen LogP contribution in [0.2, 0.25) is 0 Å². The smallest absolute Gasteiger partial charge is 0.347 e. The van der Waals surface area contributed by atoms with Crippen LogP contribution in [0.3, 0.4) is 0 Å². The van der Waals surface area contributed by atoms with Gasteiger partial charge < -0.3 is 19.3 Å². The van der Waals surface area contributed by atoms with E-state index in [1.807, 2.05) is 0 Å². The lowest BCUT2D eigenvalue weighted by molar-refractivity contribution is 0.0701. The van der Waals surface area contributed by atoms with Crippen LogP contribution in [0.25, 0.3) is 16.3 Å². The topological polar surface area (TPSA) is 95.2 Å². The van der Waals surface area contributed by atoms with Gasteiger partial charge in [0.2, 0.25) is 10.7 Å². The second-order valence-corrected chi connectivity index (χ2v) is 5.84. The van der Waals surface area contributed by atoms with Crippen molar-refractivity contribution in [3.05, 3.63) is 22.7 Å². The Morgan fingerprint density at radius 1 is 1.17 bits per heavy atom. The number of aromatic nitrogens is 3. The molecular weight excluding hydrogens is 334 g/mol. The van der Waals surface area contributed by atoms with E-state index in [4.69, 9.17) is 19.3 Å². The number of nitrogens with zero attached hydrogens (tertiary/aromatic N) is 3. The number of thiazole rings is 1. The largest absolute Gasteiger partial charge is 0.493 e. The molecule has 0 amide bonds. The Bertz CT molecular complexity index is 906. The Morgan fingerprint density at radius 3 is 2.25 bits per heavy atom. The quantitative estimate of drug-likeness (QED) is 0.756. The molecule has 0 spiro atoms. The van der Waals surface area contributed by atoms with Crippen molar-refractivity contribution < 1.29 is 24.1 Å². The predicted octanol–water partition coefficient (Wildman–Crippen LogP) is 2.49. The molecule has 3 rings (SSSR count). The molecule has 3 aromatic rings. The highest BCUT2D eigenvalue weighted by Gasteiger charge is 2.20. The number of aryl methyl sites for hydroxylation is 1. The van der Waals surface area contributed by atoms with Crippen molar-refractivity contribution in [1.82, 2.24) is 14.6 Å². The molecule has 0 bridgehead atoms. The summed E-state index contributed by atoms with van der Waals surface area (Å²) in [4.78, 5) is 16.3. The SMILES string of the molecule is COc1cc(-c2nc3sc(C(=O)O)c(C)n3n2)cc(OC)c1OC. The van der Waals surface area contributed by atoms with Gasteiger partial charge in [0.05, 0.1) is 27.0 Å². The average molecular weight is 349 g/mol.